The summed E-state index contributed by atoms with van der Waals surface area (Å²) in [6, 6.07) is 9.64. The van der Waals surface area contributed by atoms with Crippen molar-refractivity contribution < 1.29 is 4.74 Å². The van der Waals surface area contributed by atoms with Crippen molar-refractivity contribution in [3.05, 3.63) is 52.4 Å². The van der Waals surface area contributed by atoms with Crippen molar-refractivity contribution >= 4 is 11.4 Å². The average molecular weight is 246 g/mol. The summed E-state index contributed by atoms with van der Waals surface area (Å²) < 4.78 is 6.52. The minimum absolute atomic E-state index is 0.00619. The standard InChI is InChI=1S/C12H14N4O2/c13-10-6-15-16(12(17)11(10)14)8-18-7-9-4-2-1-3-5-9/h1-6H,7-8,13-14H2. The molecule has 0 aliphatic heterocycles. The lowest BCUT2D eigenvalue weighted by molar-refractivity contribution is 0.0531. The Morgan fingerprint density at radius 1 is 1.22 bits per heavy atom. The molecule has 18 heavy (non-hydrogen) atoms. The zero-order valence-electron chi connectivity index (χ0n) is 9.74. The first-order valence-electron chi connectivity index (χ1n) is 5.41. The van der Waals surface area contributed by atoms with Crippen molar-refractivity contribution in [2.75, 3.05) is 11.5 Å². The maximum Gasteiger partial charge on any atom is 0.294 e. The van der Waals surface area contributed by atoms with Gasteiger partial charge < -0.3 is 16.2 Å². The van der Waals surface area contributed by atoms with Gasteiger partial charge in [0, 0.05) is 0 Å². The fourth-order valence-electron chi connectivity index (χ4n) is 1.43. The molecular weight excluding hydrogens is 232 g/mol. The number of anilines is 2. The van der Waals surface area contributed by atoms with Crippen LogP contribution in [0.2, 0.25) is 0 Å². The van der Waals surface area contributed by atoms with E-state index >= 15 is 0 Å². The molecule has 6 heteroatoms. The zero-order chi connectivity index (χ0) is 13.0. The molecule has 0 aliphatic rings. The highest BCUT2D eigenvalue weighted by atomic mass is 16.5. The largest absolute Gasteiger partial charge is 0.396 e. The number of rotatable bonds is 4. The first kappa shape index (κ1) is 12.1. The number of nitrogen functional groups attached to an aromatic ring is 2. The van der Waals surface area contributed by atoms with Crippen LogP contribution in [-0.2, 0) is 18.1 Å². The molecule has 0 radical (unpaired) electrons. The van der Waals surface area contributed by atoms with Gasteiger partial charge in [-0.15, -0.1) is 0 Å². The smallest absolute Gasteiger partial charge is 0.294 e. The lowest BCUT2D eigenvalue weighted by atomic mass is 10.2. The number of aromatic nitrogens is 2. The van der Waals surface area contributed by atoms with E-state index in [1.54, 1.807) is 0 Å². The van der Waals surface area contributed by atoms with Crippen LogP contribution in [0, 0.1) is 0 Å². The summed E-state index contributed by atoms with van der Waals surface area (Å²) in [5.41, 5.74) is 11.7. The fourth-order valence-corrected chi connectivity index (χ4v) is 1.43. The number of ether oxygens (including phenoxy) is 1. The van der Waals surface area contributed by atoms with Crippen molar-refractivity contribution in [1.82, 2.24) is 9.78 Å². The van der Waals surface area contributed by atoms with Crippen LogP contribution in [0.5, 0.6) is 0 Å². The number of hydrogen-bond acceptors (Lipinski definition) is 5. The third-order valence-electron chi connectivity index (χ3n) is 2.44. The van der Waals surface area contributed by atoms with Gasteiger partial charge >= 0.3 is 0 Å². The molecule has 0 bridgehead atoms. The minimum atomic E-state index is -0.442. The summed E-state index contributed by atoms with van der Waals surface area (Å²) >= 11 is 0. The Morgan fingerprint density at radius 2 is 1.94 bits per heavy atom. The number of hydrogen-bond donors (Lipinski definition) is 2. The summed E-state index contributed by atoms with van der Waals surface area (Å²) in [4.78, 5) is 11.6. The molecule has 0 amide bonds. The molecule has 2 rings (SSSR count). The van der Waals surface area contributed by atoms with Crippen LogP contribution < -0.4 is 17.0 Å². The van der Waals surface area contributed by atoms with Crippen LogP contribution in [0.25, 0.3) is 0 Å². The molecule has 0 saturated heterocycles. The maximum absolute atomic E-state index is 11.6. The van der Waals surface area contributed by atoms with Gasteiger partial charge in [0.15, 0.2) is 0 Å². The Labute approximate surface area is 104 Å². The topological polar surface area (TPSA) is 96.2 Å². The number of nitrogens with zero attached hydrogens (tertiary/aromatic N) is 2. The van der Waals surface area contributed by atoms with Gasteiger partial charge in [0.05, 0.1) is 18.5 Å². The molecule has 94 valence electrons. The van der Waals surface area contributed by atoms with Crippen LogP contribution in [-0.4, -0.2) is 9.78 Å². The van der Waals surface area contributed by atoms with Crippen LogP contribution in [0.3, 0.4) is 0 Å². The van der Waals surface area contributed by atoms with Gasteiger partial charge in [-0.25, -0.2) is 4.68 Å². The first-order chi connectivity index (χ1) is 8.68. The Morgan fingerprint density at radius 3 is 2.67 bits per heavy atom. The van der Waals surface area contributed by atoms with Gasteiger partial charge in [-0.1, -0.05) is 30.3 Å². The number of benzene rings is 1. The monoisotopic (exact) mass is 246 g/mol. The summed E-state index contributed by atoms with van der Waals surface area (Å²) in [6.45, 7) is 0.442. The first-order valence-corrected chi connectivity index (χ1v) is 5.41. The van der Waals surface area contributed by atoms with E-state index in [4.69, 9.17) is 16.2 Å². The van der Waals surface area contributed by atoms with Crippen LogP contribution >= 0.6 is 0 Å². The molecule has 1 aromatic heterocycles. The molecule has 0 saturated carbocycles. The molecule has 0 aliphatic carbocycles. The van der Waals surface area contributed by atoms with Gasteiger partial charge in [0.2, 0.25) is 0 Å². The number of nitrogens with two attached hydrogens (primary N) is 2. The fraction of sp³-hybridized carbons (Fsp3) is 0.167. The predicted octanol–water partition coefficient (Wildman–Crippen LogP) is 0.582. The highest BCUT2D eigenvalue weighted by Gasteiger charge is 2.05. The normalized spacial score (nSPS) is 10.4. The second-order valence-electron chi connectivity index (χ2n) is 3.78. The Kier molecular flexibility index (Phi) is 3.59. The summed E-state index contributed by atoms with van der Waals surface area (Å²) in [7, 11) is 0. The van der Waals surface area contributed by atoms with E-state index < -0.39 is 5.56 Å². The van der Waals surface area contributed by atoms with Gasteiger partial charge in [-0.3, -0.25) is 4.79 Å². The van der Waals surface area contributed by atoms with Gasteiger partial charge in [-0.2, -0.15) is 5.10 Å². The van der Waals surface area contributed by atoms with E-state index in [1.165, 1.54) is 6.20 Å². The van der Waals surface area contributed by atoms with Crippen molar-refractivity contribution in [3.8, 4) is 0 Å². The Bertz CT molecular complexity index is 580. The second-order valence-corrected chi connectivity index (χ2v) is 3.78. The summed E-state index contributed by atoms with van der Waals surface area (Å²) in [5, 5.41) is 3.84. The lowest BCUT2D eigenvalue weighted by Crippen LogP contribution is -2.27. The van der Waals surface area contributed by atoms with E-state index in [1.807, 2.05) is 30.3 Å². The van der Waals surface area contributed by atoms with Crippen molar-refractivity contribution in [2.45, 2.75) is 13.3 Å². The van der Waals surface area contributed by atoms with E-state index in [2.05, 4.69) is 5.10 Å². The summed E-state index contributed by atoms with van der Waals surface area (Å²) in [6.07, 6.45) is 1.34. The molecule has 2 aromatic rings. The highest BCUT2D eigenvalue weighted by Crippen LogP contribution is 2.05. The maximum atomic E-state index is 11.6. The van der Waals surface area contributed by atoms with Crippen LogP contribution in [0.15, 0.2) is 41.3 Å². The minimum Gasteiger partial charge on any atom is -0.396 e. The molecule has 4 N–H and O–H groups in total. The summed E-state index contributed by atoms with van der Waals surface area (Å²) in [5.74, 6) is 0. The zero-order valence-corrected chi connectivity index (χ0v) is 9.74. The van der Waals surface area contributed by atoms with Crippen molar-refractivity contribution in [2.24, 2.45) is 0 Å². The van der Waals surface area contributed by atoms with E-state index in [9.17, 15) is 4.79 Å². The molecule has 1 aromatic carbocycles. The SMILES string of the molecule is Nc1cnn(COCc2ccccc2)c(=O)c1N. The molecule has 6 nitrogen and oxygen atoms in total. The average Bonchev–Trinajstić information content (AvgIpc) is 2.40. The van der Waals surface area contributed by atoms with Gasteiger partial charge in [-0.05, 0) is 5.56 Å². The lowest BCUT2D eigenvalue weighted by Gasteiger charge is -2.07. The van der Waals surface area contributed by atoms with Crippen LogP contribution in [0.1, 0.15) is 5.56 Å². The van der Waals surface area contributed by atoms with Crippen molar-refractivity contribution in [1.29, 1.82) is 0 Å². The van der Waals surface area contributed by atoms with Gasteiger partial charge in [0.1, 0.15) is 12.4 Å². The molecule has 1 heterocycles. The molecule has 0 spiro atoms. The van der Waals surface area contributed by atoms with Gasteiger partial charge in [0.25, 0.3) is 5.56 Å². The van der Waals surface area contributed by atoms with E-state index in [0.717, 1.165) is 10.2 Å². The Balaban J connectivity index is 1.99. The third-order valence-corrected chi connectivity index (χ3v) is 2.44. The Hall–Kier alpha value is -2.34. The second kappa shape index (κ2) is 5.33. The quantitative estimate of drug-likeness (QED) is 0.822. The van der Waals surface area contributed by atoms with Crippen molar-refractivity contribution in [3.63, 3.8) is 0 Å². The predicted molar refractivity (Wildman–Crippen MR) is 68.6 cm³/mol. The molecule has 0 unspecified atom stereocenters. The van der Waals surface area contributed by atoms with Crippen LogP contribution in [0.4, 0.5) is 11.4 Å². The van der Waals surface area contributed by atoms with E-state index in [-0.39, 0.29) is 18.1 Å². The van der Waals surface area contributed by atoms with E-state index in [0.29, 0.717) is 6.61 Å². The molecule has 0 atom stereocenters. The highest BCUT2D eigenvalue weighted by molar-refractivity contribution is 5.59. The molecule has 0 fully saturated rings. The molecular formula is C12H14N4O2. The third kappa shape index (κ3) is 2.67.